The fourth-order valence-electron chi connectivity index (χ4n) is 3.65. The second-order valence-electron chi connectivity index (χ2n) is 6.70. The predicted molar refractivity (Wildman–Crippen MR) is 108 cm³/mol. The molecule has 0 bridgehead atoms. The van der Waals surface area contributed by atoms with Crippen molar-refractivity contribution in [3.8, 4) is 0 Å². The summed E-state index contributed by atoms with van der Waals surface area (Å²) < 4.78 is 0. The predicted octanol–water partition coefficient (Wildman–Crippen LogP) is 4.64. The second kappa shape index (κ2) is 7.44. The van der Waals surface area contributed by atoms with Crippen LogP contribution in [-0.4, -0.2) is 23.9 Å². The van der Waals surface area contributed by atoms with Gasteiger partial charge in [-0.15, -0.1) is 11.3 Å². The number of fused-ring (bicyclic) bond motifs is 1. The van der Waals surface area contributed by atoms with Crippen molar-refractivity contribution < 1.29 is 4.79 Å². The van der Waals surface area contributed by atoms with Crippen molar-refractivity contribution in [3.05, 3.63) is 87.6 Å². The van der Waals surface area contributed by atoms with E-state index in [-0.39, 0.29) is 11.9 Å². The quantitative estimate of drug-likeness (QED) is 0.733. The summed E-state index contributed by atoms with van der Waals surface area (Å²) in [6.45, 7) is 3.30. The Labute approximate surface area is 158 Å². The number of nitrogens with zero attached hydrogens (tertiary/aromatic N) is 1. The zero-order valence-corrected chi connectivity index (χ0v) is 15.6. The normalized spacial score (nSPS) is 16.9. The highest BCUT2D eigenvalue weighted by atomic mass is 32.1. The minimum absolute atomic E-state index is 0.0407. The van der Waals surface area contributed by atoms with Gasteiger partial charge in [-0.05, 0) is 47.5 Å². The molecule has 2 aromatic carbocycles. The van der Waals surface area contributed by atoms with E-state index in [1.807, 2.05) is 48.6 Å². The topological polar surface area (TPSA) is 32.3 Å². The maximum atomic E-state index is 12.7. The first kappa shape index (κ1) is 17.0. The van der Waals surface area contributed by atoms with Crippen LogP contribution in [0.3, 0.4) is 0 Å². The Morgan fingerprint density at radius 2 is 1.88 bits per heavy atom. The maximum Gasteiger partial charge on any atom is 0.238 e. The van der Waals surface area contributed by atoms with Crippen LogP contribution in [0.4, 0.5) is 5.69 Å². The smallest absolute Gasteiger partial charge is 0.238 e. The van der Waals surface area contributed by atoms with Crippen LogP contribution in [-0.2, 0) is 11.2 Å². The number of anilines is 1. The summed E-state index contributed by atoms with van der Waals surface area (Å²) in [4.78, 5) is 16.4. The molecule has 2 heterocycles. The largest absolute Gasteiger partial charge is 0.325 e. The number of rotatable bonds is 4. The summed E-state index contributed by atoms with van der Waals surface area (Å²) in [5.74, 6) is 0.0407. The van der Waals surface area contributed by atoms with E-state index < -0.39 is 0 Å². The van der Waals surface area contributed by atoms with Gasteiger partial charge in [0.1, 0.15) is 0 Å². The van der Waals surface area contributed by atoms with E-state index in [9.17, 15) is 4.79 Å². The van der Waals surface area contributed by atoms with Crippen LogP contribution in [0.1, 0.15) is 27.6 Å². The van der Waals surface area contributed by atoms with Crippen LogP contribution in [0.5, 0.6) is 0 Å². The number of para-hydroxylation sites is 1. The molecule has 0 aliphatic carbocycles. The molecule has 1 N–H and O–H groups in total. The maximum absolute atomic E-state index is 12.7. The molecule has 0 saturated carbocycles. The molecule has 0 spiro atoms. The molecule has 0 fully saturated rings. The van der Waals surface area contributed by atoms with E-state index in [0.29, 0.717) is 6.54 Å². The molecule has 0 unspecified atom stereocenters. The summed E-state index contributed by atoms with van der Waals surface area (Å²) in [5.41, 5.74) is 4.56. The van der Waals surface area contributed by atoms with Gasteiger partial charge >= 0.3 is 0 Å². The Kier molecular flexibility index (Phi) is 4.87. The highest BCUT2D eigenvalue weighted by Crippen LogP contribution is 2.37. The first-order valence-electron chi connectivity index (χ1n) is 8.93. The number of amides is 1. The van der Waals surface area contributed by atoms with Crippen molar-refractivity contribution in [2.75, 3.05) is 18.4 Å². The van der Waals surface area contributed by atoms with Crippen LogP contribution in [0.15, 0.2) is 66.0 Å². The Hall–Kier alpha value is -2.43. The first-order chi connectivity index (χ1) is 12.7. The lowest BCUT2D eigenvalue weighted by Gasteiger charge is -2.35. The van der Waals surface area contributed by atoms with Gasteiger partial charge in [0.15, 0.2) is 0 Å². The summed E-state index contributed by atoms with van der Waals surface area (Å²) in [6.07, 6.45) is 1.01. The van der Waals surface area contributed by atoms with Crippen LogP contribution < -0.4 is 5.32 Å². The number of thiophene rings is 1. The van der Waals surface area contributed by atoms with Crippen molar-refractivity contribution in [2.45, 2.75) is 19.4 Å². The third-order valence-corrected chi connectivity index (χ3v) is 5.94. The van der Waals surface area contributed by atoms with Crippen LogP contribution >= 0.6 is 11.3 Å². The van der Waals surface area contributed by atoms with Gasteiger partial charge in [0, 0.05) is 17.1 Å². The average Bonchev–Trinajstić information content (AvgIpc) is 3.13. The summed E-state index contributed by atoms with van der Waals surface area (Å²) >= 11 is 1.82. The zero-order chi connectivity index (χ0) is 17.9. The number of nitrogens with one attached hydrogen (secondary N) is 1. The molecule has 3 aromatic rings. The number of aryl methyl sites for hydroxylation is 1. The molecule has 1 amide bonds. The lowest BCUT2D eigenvalue weighted by atomic mass is 9.93. The van der Waals surface area contributed by atoms with Gasteiger partial charge in [0.25, 0.3) is 0 Å². The molecule has 1 aliphatic heterocycles. The number of hydrogen-bond acceptors (Lipinski definition) is 3. The molecule has 0 radical (unpaired) electrons. The van der Waals surface area contributed by atoms with Crippen molar-refractivity contribution in [3.63, 3.8) is 0 Å². The summed E-state index contributed by atoms with van der Waals surface area (Å²) in [5, 5.41) is 5.23. The van der Waals surface area contributed by atoms with Crippen LogP contribution in [0.2, 0.25) is 0 Å². The highest BCUT2D eigenvalue weighted by Gasteiger charge is 2.30. The molecule has 1 aliphatic rings. The van der Waals surface area contributed by atoms with Crippen molar-refractivity contribution >= 4 is 22.9 Å². The van der Waals surface area contributed by atoms with E-state index in [1.54, 1.807) is 0 Å². The summed E-state index contributed by atoms with van der Waals surface area (Å²) in [7, 11) is 0. The molecule has 4 rings (SSSR count). The molecule has 4 heteroatoms. The van der Waals surface area contributed by atoms with Gasteiger partial charge in [0.2, 0.25) is 5.91 Å². The number of carbonyl (C=O) groups excluding carboxylic acids is 1. The van der Waals surface area contributed by atoms with E-state index >= 15 is 0 Å². The second-order valence-corrected chi connectivity index (χ2v) is 7.70. The van der Waals surface area contributed by atoms with E-state index in [4.69, 9.17) is 0 Å². The van der Waals surface area contributed by atoms with Crippen LogP contribution in [0, 0.1) is 6.92 Å². The van der Waals surface area contributed by atoms with Gasteiger partial charge in [-0.2, -0.15) is 0 Å². The van der Waals surface area contributed by atoms with Gasteiger partial charge in [-0.1, -0.05) is 48.5 Å². The van der Waals surface area contributed by atoms with Crippen LogP contribution in [0.25, 0.3) is 0 Å². The van der Waals surface area contributed by atoms with Crippen molar-refractivity contribution in [2.24, 2.45) is 0 Å². The lowest BCUT2D eigenvalue weighted by molar-refractivity contribution is -0.117. The van der Waals surface area contributed by atoms with Gasteiger partial charge in [0.05, 0.1) is 12.6 Å². The fourth-order valence-corrected chi connectivity index (χ4v) is 4.56. The van der Waals surface area contributed by atoms with E-state index in [2.05, 4.69) is 45.9 Å². The Morgan fingerprint density at radius 1 is 1.12 bits per heavy atom. The number of hydrogen-bond donors (Lipinski definition) is 1. The minimum Gasteiger partial charge on any atom is -0.325 e. The van der Waals surface area contributed by atoms with E-state index in [1.165, 1.54) is 16.0 Å². The van der Waals surface area contributed by atoms with Crippen molar-refractivity contribution in [1.82, 2.24) is 4.90 Å². The Morgan fingerprint density at radius 3 is 2.69 bits per heavy atom. The van der Waals surface area contributed by atoms with Gasteiger partial charge < -0.3 is 5.32 Å². The average molecular weight is 362 g/mol. The first-order valence-corrected chi connectivity index (χ1v) is 9.81. The molecule has 132 valence electrons. The molecular weight excluding hydrogens is 340 g/mol. The Bertz CT molecular complexity index is 903. The minimum atomic E-state index is 0.0407. The van der Waals surface area contributed by atoms with Gasteiger partial charge in [-0.25, -0.2) is 0 Å². The number of benzene rings is 2. The fraction of sp³-hybridized carbons (Fsp3) is 0.227. The summed E-state index contributed by atoms with van der Waals surface area (Å²) in [6, 6.07) is 20.8. The molecule has 1 atom stereocenters. The monoisotopic (exact) mass is 362 g/mol. The molecule has 3 nitrogen and oxygen atoms in total. The lowest BCUT2D eigenvalue weighted by Crippen LogP contribution is -2.40. The third kappa shape index (κ3) is 3.43. The van der Waals surface area contributed by atoms with Crippen molar-refractivity contribution in [1.29, 1.82) is 0 Å². The third-order valence-electron chi connectivity index (χ3n) is 4.95. The molecule has 0 saturated heterocycles. The number of carbonyl (C=O) groups is 1. The standard InChI is InChI=1S/C22H22N2OS/c1-16-7-5-6-10-19(16)23-21(25)15-24-13-11-20-18(12-14-26-20)22(24)17-8-3-2-4-9-17/h2-10,12,14,22H,11,13,15H2,1H3,(H,23,25)/t22-/m0/s1. The Balaban J connectivity index is 1.57. The van der Waals surface area contributed by atoms with E-state index in [0.717, 1.165) is 24.2 Å². The zero-order valence-electron chi connectivity index (χ0n) is 14.8. The SMILES string of the molecule is Cc1ccccc1NC(=O)CN1CCc2sccc2[C@@H]1c1ccccc1. The molecular formula is C22H22N2OS. The molecule has 26 heavy (non-hydrogen) atoms. The highest BCUT2D eigenvalue weighted by molar-refractivity contribution is 7.10. The van der Waals surface area contributed by atoms with Gasteiger partial charge in [-0.3, -0.25) is 9.69 Å². The molecule has 1 aromatic heterocycles.